The first kappa shape index (κ1) is 362. The van der Waals surface area contributed by atoms with Crippen LogP contribution in [0.5, 0.6) is 0 Å². The van der Waals surface area contributed by atoms with Crippen LogP contribution >= 0.6 is 0 Å². The Balaban J connectivity index is 0. The first-order valence-electron chi connectivity index (χ1n) is 0. The van der Waals surface area contributed by atoms with Crippen molar-refractivity contribution in [3.63, 3.8) is 0 Å². The minimum absolute atomic E-state index is 0. The van der Waals surface area contributed by atoms with Crippen LogP contribution in [-0.2, 0) is 172 Å². The molecule has 15 nitrogen and oxygen atoms in total. The smallest absolute Gasteiger partial charge is 2.00 e. The molecular formula is Ba5O15Ta4. The number of hydrogen-bond acceptors (Lipinski definition) is 0. The topological polar surface area (TPSA) is 428 Å². The molecule has 0 aromatic rings. The molecule has 0 radical (unpaired) electrons. The van der Waals surface area contributed by atoms with Crippen LogP contribution in [0.1, 0.15) is 0 Å². The Morgan fingerprint density at radius 1 is 0.125 bits per heavy atom. The third kappa shape index (κ3) is 301. The largest absolute Gasteiger partial charge is 5.00 e. The summed E-state index contributed by atoms with van der Waals surface area (Å²) in [5.74, 6) is 0. The van der Waals surface area contributed by atoms with Gasteiger partial charge in [0.25, 0.3) is 0 Å². The molecule has 0 saturated heterocycles. The zero-order valence-corrected chi connectivity index (χ0v) is 46.5. The van der Waals surface area contributed by atoms with E-state index in [0.29, 0.717) is 0 Å². The van der Waals surface area contributed by atoms with Crippen molar-refractivity contribution in [3.8, 4) is 0 Å². The molecule has 120 valence electrons. The van der Waals surface area contributed by atoms with E-state index in [-0.39, 0.29) is 416 Å². The zero-order chi connectivity index (χ0) is 0. The number of hydrogen-bond donors (Lipinski definition) is 0. The number of rotatable bonds is 0. The van der Waals surface area contributed by atoms with Gasteiger partial charge in [0.15, 0.2) is 0 Å². The van der Waals surface area contributed by atoms with Crippen LogP contribution in [0.15, 0.2) is 0 Å². The van der Waals surface area contributed by atoms with Gasteiger partial charge < -0.3 is 82.1 Å². The maximum atomic E-state index is 0. The van der Waals surface area contributed by atoms with Crippen LogP contribution < -0.4 is 0 Å². The molecule has 0 aliphatic carbocycles. The fourth-order valence-corrected chi connectivity index (χ4v) is 0. The van der Waals surface area contributed by atoms with Crippen LogP contribution in [0.3, 0.4) is 0 Å². The standard InChI is InChI=1S/5Ba.15O.4Ta/q5*+2;15*-2;4*+5. The van der Waals surface area contributed by atoms with Gasteiger partial charge in [0, 0.05) is 0 Å². The molecule has 0 atom stereocenters. The Bertz CT molecular complexity index is 31.8. The van der Waals surface area contributed by atoms with E-state index in [1.807, 2.05) is 0 Å². The minimum atomic E-state index is 0. The van der Waals surface area contributed by atoms with E-state index >= 15 is 0 Å². The van der Waals surface area contributed by atoms with Gasteiger partial charge in [0.1, 0.15) is 0 Å². The fourth-order valence-electron chi connectivity index (χ4n) is 0. The van der Waals surface area contributed by atoms with Gasteiger partial charge in [-0.2, -0.15) is 0 Å². The molecule has 0 rings (SSSR count). The summed E-state index contributed by atoms with van der Waals surface area (Å²) >= 11 is 0. The Morgan fingerprint density at radius 3 is 0.125 bits per heavy atom. The predicted octanol–water partition coefficient (Wildman–Crippen LogP) is -3.70. The van der Waals surface area contributed by atoms with Crippen molar-refractivity contribution >= 4 is 244 Å². The molecule has 0 aliphatic heterocycles. The van der Waals surface area contributed by atoms with Crippen molar-refractivity contribution in [3.05, 3.63) is 0 Å². The van der Waals surface area contributed by atoms with Gasteiger partial charge in [-0.15, -0.1) is 0 Å². The van der Waals surface area contributed by atoms with Crippen LogP contribution in [-0.4, -0.2) is 244 Å². The molecule has 0 aromatic carbocycles. The molecule has 24 heteroatoms. The van der Waals surface area contributed by atoms with E-state index in [4.69, 9.17) is 0 Å². The first-order valence-corrected chi connectivity index (χ1v) is 0. The van der Waals surface area contributed by atoms with Crippen LogP contribution in [0, 0.1) is 0 Å². The van der Waals surface area contributed by atoms with E-state index in [1.165, 1.54) is 0 Å². The fraction of sp³-hybridized carbons (Fsp3) is 0. The molecule has 0 bridgehead atoms. The molecule has 0 amide bonds. The molecule has 0 saturated carbocycles. The third-order valence-electron chi connectivity index (χ3n) is 0. The van der Waals surface area contributed by atoms with Crippen molar-refractivity contribution < 1.29 is 172 Å². The van der Waals surface area contributed by atoms with Gasteiger partial charge in [0.05, 0.1) is 0 Å². The molecule has 24 heavy (non-hydrogen) atoms. The van der Waals surface area contributed by atoms with Crippen molar-refractivity contribution in [2.45, 2.75) is 0 Å². The summed E-state index contributed by atoms with van der Waals surface area (Å²) in [7, 11) is 0. The van der Waals surface area contributed by atoms with Gasteiger partial charge in [-0.05, 0) is 0 Å². The Labute approximate surface area is 403 Å². The molecule has 0 aliphatic rings. The monoisotopic (exact) mass is 1650 g/mol. The van der Waals surface area contributed by atoms with E-state index < -0.39 is 0 Å². The van der Waals surface area contributed by atoms with Crippen LogP contribution in [0.25, 0.3) is 0 Å². The molecule has 0 fully saturated rings. The third-order valence-corrected chi connectivity index (χ3v) is 0. The molecule has 0 spiro atoms. The Hall–Kier alpha value is 10.2. The summed E-state index contributed by atoms with van der Waals surface area (Å²) < 4.78 is 0. The van der Waals surface area contributed by atoms with Gasteiger partial charge in [-0.3, -0.25) is 0 Å². The second-order valence-corrected chi connectivity index (χ2v) is 0. The van der Waals surface area contributed by atoms with Crippen molar-refractivity contribution in [2.24, 2.45) is 0 Å². The van der Waals surface area contributed by atoms with Gasteiger partial charge in [-0.25, -0.2) is 0 Å². The van der Waals surface area contributed by atoms with E-state index in [9.17, 15) is 0 Å². The molecule has 0 aromatic heterocycles. The average molecular weight is 1650 g/mol. The Kier molecular flexibility index (Phi) is 4980. The molecule has 0 heterocycles. The quantitative estimate of drug-likeness (QED) is 0.212. The Morgan fingerprint density at radius 2 is 0.125 bits per heavy atom. The first-order chi connectivity index (χ1) is 0. The second-order valence-electron chi connectivity index (χ2n) is 0. The van der Waals surface area contributed by atoms with Gasteiger partial charge in [-0.1, -0.05) is 0 Å². The van der Waals surface area contributed by atoms with Crippen molar-refractivity contribution in [1.82, 2.24) is 0 Å². The van der Waals surface area contributed by atoms with Crippen LogP contribution in [0.4, 0.5) is 0 Å². The SMILES string of the molecule is [Ba+2].[Ba+2].[Ba+2].[Ba+2].[Ba+2].[O-2].[O-2].[O-2].[O-2].[O-2].[O-2].[O-2].[O-2].[O-2].[O-2].[O-2].[O-2].[O-2].[O-2].[O-2].[Ta+5].[Ta+5].[Ta+5].[Ta+5]. The summed E-state index contributed by atoms with van der Waals surface area (Å²) in [5, 5.41) is 0. The van der Waals surface area contributed by atoms with E-state index in [0.717, 1.165) is 0 Å². The molecule has 0 unspecified atom stereocenters. The summed E-state index contributed by atoms with van der Waals surface area (Å²) in [6, 6.07) is 0. The van der Waals surface area contributed by atoms with Crippen molar-refractivity contribution in [1.29, 1.82) is 0 Å². The summed E-state index contributed by atoms with van der Waals surface area (Å²) in [6.07, 6.45) is 0. The summed E-state index contributed by atoms with van der Waals surface area (Å²) in [4.78, 5) is 0. The van der Waals surface area contributed by atoms with Gasteiger partial charge >= 0.3 is 334 Å². The normalized spacial score (nSPS) is 0. The maximum absolute atomic E-state index is 0. The van der Waals surface area contributed by atoms with E-state index in [2.05, 4.69) is 0 Å². The molecule has 0 N–H and O–H groups in total. The zero-order valence-electron chi connectivity index (χ0n) is 11.4. The van der Waals surface area contributed by atoms with Gasteiger partial charge in [0.2, 0.25) is 0 Å². The minimum Gasteiger partial charge on any atom is -2.00 e. The second kappa shape index (κ2) is 330. The van der Waals surface area contributed by atoms with Crippen molar-refractivity contribution in [2.75, 3.05) is 0 Å². The predicted molar refractivity (Wildman–Crippen MR) is 39.1 cm³/mol. The average Bonchev–Trinajstić information content (AvgIpc) is 0. The van der Waals surface area contributed by atoms with Crippen LogP contribution in [0.2, 0.25) is 0 Å². The van der Waals surface area contributed by atoms with E-state index in [1.54, 1.807) is 0 Å². The summed E-state index contributed by atoms with van der Waals surface area (Å²) in [5.41, 5.74) is 0. The molecular weight excluding hydrogens is 1650 g/mol. The maximum Gasteiger partial charge on any atom is 5.00 e. The summed E-state index contributed by atoms with van der Waals surface area (Å²) in [6.45, 7) is 0.